The maximum atomic E-state index is 5.99. The van der Waals surface area contributed by atoms with Gasteiger partial charge in [0.05, 0.1) is 5.69 Å². The molecular weight excluding hydrogens is 270 g/mol. The Balaban J connectivity index is 1.92. The maximum absolute atomic E-state index is 5.99. The summed E-state index contributed by atoms with van der Waals surface area (Å²) < 4.78 is 0. The minimum Gasteiger partial charge on any atom is -0.368 e. The minimum atomic E-state index is 0.481. The van der Waals surface area contributed by atoms with E-state index in [2.05, 4.69) is 31.0 Å². The molecule has 3 nitrogen and oxygen atoms in total. The van der Waals surface area contributed by atoms with Gasteiger partial charge in [0.25, 0.3) is 0 Å². The molecule has 2 aliphatic carbocycles. The van der Waals surface area contributed by atoms with E-state index in [-0.39, 0.29) is 0 Å². The summed E-state index contributed by atoms with van der Waals surface area (Å²) in [5.41, 5.74) is 9.99. The van der Waals surface area contributed by atoms with Crippen molar-refractivity contribution >= 4 is 5.95 Å². The molecule has 0 aromatic carbocycles. The maximum Gasteiger partial charge on any atom is 0.220 e. The van der Waals surface area contributed by atoms with E-state index in [1.165, 1.54) is 55.5 Å². The summed E-state index contributed by atoms with van der Waals surface area (Å²) in [5.74, 6) is 2.47. The molecule has 0 saturated carbocycles. The summed E-state index contributed by atoms with van der Waals surface area (Å²) in [4.78, 5) is 9.22. The summed E-state index contributed by atoms with van der Waals surface area (Å²) in [7, 11) is 0. The quantitative estimate of drug-likeness (QED) is 0.772. The van der Waals surface area contributed by atoms with Gasteiger partial charge in [-0.05, 0) is 49.5 Å². The van der Waals surface area contributed by atoms with E-state index >= 15 is 0 Å². The Kier molecular flexibility index (Phi) is 4.80. The number of allylic oxidation sites excluding steroid dienone is 2. The van der Waals surface area contributed by atoms with Crippen molar-refractivity contribution in [1.29, 1.82) is 0 Å². The Hall–Kier alpha value is -1.38. The standard InChI is InChI=1S/C19H29N3/c1-3-5-6-7-9-15-13(8-4-2)12-14-10-11-16-17(14)18(15)22-19(20)21-16/h6-7,13-15H,3-5,8-12H2,1-2H3,(H2,20,21,22)/t13-,14+,15-/m1/s1. The SMILES string of the molecule is CCCC=CC[C@H]1c2nc(N)nc3c2[C@@H](CC3)C[C@H]1CCC. The number of aryl methyl sites for hydroxylation is 1. The Bertz CT molecular complexity index is 550. The van der Waals surface area contributed by atoms with Crippen LogP contribution in [0.4, 0.5) is 5.95 Å². The van der Waals surface area contributed by atoms with Gasteiger partial charge in [0, 0.05) is 11.6 Å². The van der Waals surface area contributed by atoms with Crippen LogP contribution in [0, 0.1) is 5.92 Å². The zero-order chi connectivity index (χ0) is 15.5. The average Bonchev–Trinajstić information content (AvgIpc) is 2.89. The fourth-order valence-electron chi connectivity index (χ4n) is 4.44. The molecule has 1 aromatic rings. The van der Waals surface area contributed by atoms with Crippen molar-refractivity contribution in [1.82, 2.24) is 9.97 Å². The number of unbranched alkanes of at least 4 members (excludes halogenated alkanes) is 1. The molecule has 3 rings (SSSR count). The summed E-state index contributed by atoms with van der Waals surface area (Å²) in [6.07, 6.45) is 14.5. The van der Waals surface area contributed by atoms with E-state index < -0.39 is 0 Å². The third-order valence-electron chi connectivity index (χ3n) is 5.39. The van der Waals surface area contributed by atoms with Crippen molar-refractivity contribution in [3.05, 3.63) is 29.1 Å². The van der Waals surface area contributed by atoms with Crippen molar-refractivity contribution < 1.29 is 0 Å². The predicted octanol–water partition coefficient (Wildman–Crippen LogP) is 4.74. The molecule has 120 valence electrons. The number of aromatic nitrogens is 2. The Labute approximate surface area is 134 Å². The first-order chi connectivity index (χ1) is 10.7. The summed E-state index contributed by atoms with van der Waals surface area (Å²) in [5, 5.41) is 0. The van der Waals surface area contributed by atoms with E-state index in [0.29, 0.717) is 17.8 Å². The monoisotopic (exact) mass is 299 g/mol. The zero-order valence-corrected chi connectivity index (χ0v) is 14.0. The van der Waals surface area contributed by atoms with Crippen molar-refractivity contribution in [2.24, 2.45) is 5.92 Å². The molecular formula is C19H29N3. The van der Waals surface area contributed by atoms with Crippen molar-refractivity contribution in [2.75, 3.05) is 5.73 Å². The highest BCUT2D eigenvalue weighted by molar-refractivity contribution is 5.42. The van der Waals surface area contributed by atoms with Gasteiger partial charge >= 0.3 is 0 Å². The lowest BCUT2D eigenvalue weighted by atomic mass is 9.70. The second-order valence-corrected chi connectivity index (χ2v) is 6.95. The number of hydrogen-bond acceptors (Lipinski definition) is 3. The van der Waals surface area contributed by atoms with Crippen LogP contribution in [-0.2, 0) is 6.42 Å². The van der Waals surface area contributed by atoms with Crippen molar-refractivity contribution in [3.8, 4) is 0 Å². The van der Waals surface area contributed by atoms with Gasteiger partial charge in [-0.3, -0.25) is 0 Å². The molecule has 3 atom stereocenters. The molecule has 0 spiro atoms. The van der Waals surface area contributed by atoms with Gasteiger partial charge in [-0.2, -0.15) is 0 Å². The Morgan fingerprint density at radius 1 is 1.18 bits per heavy atom. The van der Waals surface area contributed by atoms with Crippen molar-refractivity contribution in [2.45, 2.75) is 77.0 Å². The first-order valence-corrected chi connectivity index (χ1v) is 9.05. The molecule has 0 fully saturated rings. The third kappa shape index (κ3) is 2.90. The van der Waals surface area contributed by atoms with Gasteiger partial charge in [0.15, 0.2) is 0 Å². The average molecular weight is 299 g/mol. The molecule has 0 radical (unpaired) electrons. The topological polar surface area (TPSA) is 51.8 Å². The molecule has 0 saturated heterocycles. The van der Waals surface area contributed by atoms with E-state index in [1.807, 2.05) is 0 Å². The van der Waals surface area contributed by atoms with Crippen LogP contribution in [0.2, 0.25) is 0 Å². The van der Waals surface area contributed by atoms with Gasteiger partial charge in [-0.15, -0.1) is 0 Å². The molecule has 22 heavy (non-hydrogen) atoms. The number of nitrogens with zero attached hydrogens (tertiary/aromatic N) is 2. The van der Waals surface area contributed by atoms with E-state index in [0.717, 1.165) is 18.8 Å². The third-order valence-corrected chi connectivity index (χ3v) is 5.39. The van der Waals surface area contributed by atoms with Crippen LogP contribution in [0.15, 0.2) is 12.2 Å². The first-order valence-electron chi connectivity index (χ1n) is 9.05. The normalized spacial score (nSPS) is 26.5. The second kappa shape index (κ2) is 6.80. The van der Waals surface area contributed by atoms with Crippen molar-refractivity contribution in [3.63, 3.8) is 0 Å². The molecule has 0 bridgehead atoms. The molecule has 1 aromatic heterocycles. The molecule has 2 aliphatic rings. The number of anilines is 1. The van der Waals surface area contributed by atoms with Crippen LogP contribution >= 0.6 is 0 Å². The van der Waals surface area contributed by atoms with E-state index in [4.69, 9.17) is 10.7 Å². The molecule has 0 unspecified atom stereocenters. The lowest BCUT2D eigenvalue weighted by molar-refractivity contribution is 0.309. The lowest BCUT2D eigenvalue weighted by Crippen LogP contribution is -2.25. The van der Waals surface area contributed by atoms with Crippen LogP contribution in [0.3, 0.4) is 0 Å². The van der Waals surface area contributed by atoms with Gasteiger partial charge in [0.1, 0.15) is 0 Å². The Morgan fingerprint density at radius 3 is 2.82 bits per heavy atom. The highest BCUT2D eigenvalue weighted by Crippen LogP contribution is 2.50. The van der Waals surface area contributed by atoms with Gasteiger partial charge in [-0.1, -0.05) is 45.3 Å². The zero-order valence-electron chi connectivity index (χ0n) is 14.0. The Morgan fingerprint density at radius 2 is 2.05 bits per heavy atom. The van der Waals surface area contributed by atoms with E-state index in [9.17, 15) is 0 Å². The number of nitrogens with two attached hydrogens (primary N) is 1. The summed E-state index contributed by atoms with van der Waals surface area (Å²) in [6.45, 7) is 4.53. The molecule has 2 N–H and O–H groups in total. The van der Waals surface area contributed by atoms with Crippen LogP contribution in [0.5, 0.6) is 0 Å². The van der Waals surface area contributed by atoms with Gasteiger partial charge < -0.3 is 5.73 Å². The fraction of sp³-hybridized carbons (Fsp3) is 0.684. The highest BCUT2D eigenvalue weighted by atomic mass is 15.0. The number of nitrogen functional groups attached to an aromatic ring is 1. The number of rotatable bonds is 6. The lowest BCUT2D eigenvalue weighted by Gasteiger charge is -2.35. The summed E-state index contributed by atoms with van der Waals surface area (Å²) in [6, 6.07) is 0. The molecule has 0 amide bonds. The number of hydrogen-bond donors (Lipinski definition) is 1. The molecule has 3 heteroatoms. The largest absolute Gasteiger partial charge is 0.368 e. The van der Waals surface area contributed by atoms with E-state index in [1.54, 1.807) is 0 Å². The van der Waals surface area contributed by atoms with Gasteiger partial charge in [0.2, 0.25) is 5.95 Å². The molecule has 1 heterocycles. The molecule has 0 aliphatic heterocycles. The van der Waals surface area contributed by atoms with Crippen LogP contribution in [0.25, 0.3) is 0 Å². The highest BCUT2D eigenvalue weighted by Gasteiger charge is 2.39. The first kappa shape index (κ1) is 15.5. The van der Waals surface area contributed by atoms with Gasteiger partial charge in [-0.25, -0.2) is 9.97 Å². The fourth-order valence-corrected chi connectivity index (χ4v) is 4.44. The van der Waals surface area contributed by atoms with Crippen LogP contribution in [0.1, 0.15) is 87.6 Å². The smallest absolute Gasteiger partial charge is 0.220 e. The van der Waals surface area contributed by atoms with Crippen LogP contribution < -0.4 is 5.73 Å². The predicted molar refractivity (Wildman–Crippen MR) is 91.9 cm³/mol. The van der Waals surface area contributed by atoms with Crippen LogP contribution in [-0.4, -0.2) is 9.97 Å². The minimum absolute atomic E-state index is 0.481. The second-order valence-electron chi connectivity index (χ2n) is 6.95. The summed E-state index contributed by atoms with van der Waals surface area (Å²) >= 11 is 0.